The lowest BCUT2D eigenvalue weighted by molar-refractivity contribution is -0.116. The van der Waals surface area contributed by atoms with Gasteiger partial charge >= 0.3 is 0 Å². The quantitative estimate of drug-likeness (QED) is 0.796. The van der Waals surface area contributed by atoms with E-state index in [4.69, 9.17) is 4.74 Å². The van der Waals surface area contributed by atoms with E-state index in [2.05, 4.69) is 16.3 Å². The number of hydrogen-bond donors (Lipinski definition) is 1. The summed E-state index contributed by atoms with van der Waals surface area (Å²) in [4.78, 5) is 14.1. The minimum atomic E-state index is -0.106. The van der Waals surface area contributed by atoms with E-state index in [9.17, 15) is 4.79 Å². The SMILES string of the molecule is COc1ccc(/C=C/C(=O)NCc2ccccc2CN(C)C)cc1. The summed E-state index contributed by atoms with van der Waals surface area (Å²) in [7, 11) is 5.70. The summed E-state index contributed by atoms with van der Waals surface area (Å²) < 4.78 is 5.11. The Balaban J connectivity index is 1.92. The standard InChI is InChI=1S/C20H24N2O2/c1-22(2)15-18-7-5-4-6-17(18)14-21-20(23)13-10-16-8-11-19(24-3)12-9-16/h4-13H,14-15H2,1-3H3,(H,21,23)/b13-10+. The van der Waals surface area contributed by atoms with Gasteiger partial charge in [0.25, 0.3) is 0 Å². The molecular weight excluding hydrogens is 300 g/mol. The van der Waals surface area contributed by atoms with Crippen LogP contribution in [0.25, 0.3) is 6.08 Å². The maximum atomic E-state index is 12.0. The summed E-state index contributed by atoms with van der Waals surface area (Å²) in [6.45, 7) is 1.38. The first-order valence-electron chi connectivity index (χ1n) is 7.90. The summed E-state index contributed by atoms with van der Waals surface area (Å²) in [5.41, 5.74) is 3.32. The molecule has 0 fully saturated rings. The van der Waals surface area contributed by atoms with E-state index in [-0.39, 0.29) is 5.91 Å². The van der Waals surface area contributed by atoms with Gasteiger partial charge in [0.15, 0.2) is 0 Å². The van der Waals surface area contributed by atoms with E-state index in [1.165, 1.54) is 5.56 Å². The highest BCUT2D eigenvalue weighted by molar-refractivity contribution is 5.91. The highest BCUT2D eigenvalue weighted by Crippen LogP contribution is 2.12. The largest absolute Gasteiger partial charge is 0.497 e. The molecule has 0 saturated heterocycles. The number of rotatable bonds is 7. The van der Waals surface area contributed by atoms with Crippen molar-refractivity contribution < 1.29 is 9.53 Å². The third kappa shape index (κ3) is 5.56. The molecule has 0 heterocycles. The molecule has 0 aliphatic heterocycles. The van der Waals surface area contributed by atoms with Crippen molar-refractivity contribution in [3.8, 4) is 5.75 Å². The Morgan fingerprint density at radius 1 is 1.08 bits per heavy atom. The molecule has 4 heteroatoms. The van der Waals surface area contributed by atoms with Crippen LogP contribution in [-0.2, 0) is 17.9 Å². The van der Waals surface area contributed by atoms with Gasteiger partial charge in [0, 0.05) is 19.2 Å². The molecule has 0 saturated carbocycles. The molecule has 0 aliphatic rings. The molecule has 0 spiro atoms. The van der Waals surface area contributed by atoms with Crippen LogP contribution >= 0.6 is 0 Å². The Hall–Kier alpha value is -2.59. The Kier molecular flexibility index (Phi) is 6.58. The number of methoxy groups -OCH3 is 1. The lowest BCUT2D eigenvalue weighted by Crippen LogP contribution is -2.22. The van der Waals surface area contributed by atoms with Gasteiger partial charge in [0.1, 0.15) is 5.75 Å². The van der Waals surface area contributed by atoms with Crippen LogP contribution in [0.4, 0.5) is 0 Å². The van der Waals surface area contributed by atoms with Crippen molar-refractivity contribution in [2.45, 2.75) is 13.1 Å². The summed E-state index contributed by atoms with van der Waals surface area (Å²) in [6.07, 6.45) is 3.34. The molecule has 126 valence electrons. The Labute approximate surface area is 143 Å². The molecule has 1 N–H and O–H groups in total. The average molecular weight is 324 g/mol. The zero-order chi connectivity index (χ0) is 17.4. The molecule has 0 unspecified atom stereocenters. The summed E-state index contributed by atoms with van der Waals surface area (Å²) in [5, 5.41) is 2.94. The summed E-state index contributed by atoms with van der Waals surface area (Å²) >= 11 is 0. The van der Waals surface area contributed by atoms with E-state index in [1.807, 2.05) is 56.6 Å². The van der Waals surface area contributed by atoms with Crippen LogP contribution in [0, 0.1) is 0 Å². The van der Waals surface area contributed by atoms with E-state index < -0.39 is 0 Å². The molecule has 2 rings (SSSR count). The normalized spacial score (nSPS) is 11.0. The van der Waals surface area contributed by atoms with Gasteiger partial charge in [0.05, 0.1) is 7.11 Å². The van der Waals surface area contributed by atoms with Gasteiger partial charge in [-0.2, -0.15) is 0 Å². The van der Waals surface area contributed by atoms with Crippen LogP contribution in [0.2, 0.25) is 0 Å². The highest BCUT2D eigenvalue weighted by Gasteiger charge is 2.04. The average Bonchev–Trinajstić information content (AvgIpc) is 2.59. The maximum Gasteiger partial charge on any atom is 0.244 e. The highest BCUT2D eigenvalue weighted by atomic mass is 16.5. The van der Waals surface area contributed by atoms with Gasteiger partial charge < -0.3 is 15.0 Å². The number of hydrogen-bond acceptors (Lipinski definition) is 3. The first-order chi connectivity index (χ1) is 11.6. The van der Waals surface area contributed by atoms with Crippen LogP contribution in [-0.4, -0.2) is 32.0 Å². The smallest absolute Gasteiger partial charge is 0.244 e. The van der Waals surface area contributed by atoms with Crippen molar-refractivity contribution in [2.24, 2.45) is 0 Å². The lowest BCUT2D eigenvalue weighted by Gasteiger charge is -2.14. The molecule has 2 aromatic carbocycles. The van der Waals surface area contributed by atoms with Gasteiger partial charge in [-0.05, 0) is 49.0 Å². The van der Waals surface area contributed by atoms with E-state index in [1.54, 1.807) is 19.3 Å². The first kappa shape index (κ1) is 17.8. The fourth-order valence-electron chi connectivity index (χ4n) is 2.35. The van der Waals surface area contributed by atoms with Crippen molar-refractivity contribution in [1.82, 2.24) is 10.2 Å². The minimum Gasteiger partial charge on any atom is -0.497 e. The lowest BCUT2D eigenvalue weighted by atomic mass is 10.1. The van der Waals surface area contributed by atoms with Crippen LogP contribution in [0.3, 0.4) is 0 Å². The molecule has 0 radical (unpaired) electrons. The third-order valence-electron chi connectivity index (χ3n) is 3.60. The Morgan fingerprint density at radius 3 is 2.38 bits per heavy atom. The molecule has 0 aliphatic carbocycles. The van der Waals surface area contributed by atoms with E-state index in [0.717, 1.165) is 23.4 Å². The van der Waals surface area contributed by atoms with Crippen molar-refractivity contribution >= 4 is 12.0 Å². The summed E-state index contributed by atoms with van der Waals surface area (Å²) in [6, 6.07) is 15.7. The number of carbonyl (C=O) groups excluding carboxylic acids is 1. The molecule has 24 heavy (non-hydrogen) atoms. The number of amides is 1. The van der Waals surface area contributed by atoms with Gasteiger partial charge in [-0.15, -0.1) is 0 Å². The van der Waals surface area contributed by atoms with Crippen LogP contribution < -0.4 is 10.1 Å². The zero-order valence-electron chi connectivity index (χ0n) is 14.5. The number of carbonyl (C=O) groups is 1. The summed E-state index contributed by atoms with van der Waals surface area (Å²) in [5.74, 6) is 0.694. The first-order valence-corrected chi connectivity index (χ1v) is 7.90. The van der Waals surface area contributed by atoms with Crippen molar-refractivity contribution in [1.29, 1.82) is 0 Å². The number of nitrogens with zero attached hydrogens (tertiary/aromatic N) is 1. The molecule has 4 nitrogen and oxygen atoms in total. The van der Waals surface area contributed by atoms with Crippen LogP contribution in [0.15, 0.2) is 54.6 Å². The molecule has 1 amide bonds. The second kappa shape index (κ2) is 8.89. The fraction of sp³-hybridized carbons (Fsp3) is 0.250. The van der Waals surface area contributed by atoms with Crippen molar-refractivity contribution in [3.63, 3.8) is 0 Å². The third-order valence-corrected chi connectivity index (χ3v) is 3.60. The second-order valence-corrected chi connectivity index (χ2v) is 5.83. The van der Waals surface area contributed by atoms with Gasteiger partial charge in [-0.1, -0.05) is 36.4 Å². The fourth-order valence-corrected chi connectivity index (χ4v) is 2.35. The monoisotopic (exact) mass is 324 g/mol. The number of benzene rings is 2. The predicted octanol–water partition coefficient (Wildman–Crippen LogP) is 3.09. The van der Waals surface area contributed by atoms with Crippen molar-refractivity contribution in [3.05, 3.63) is 71.3 Å². The second-order valence-electron chi connectivity index (χ2n) is 5.83. The van der Waals surface area contributed by atoms with E-state index >= 15 is 0 Å². The van der Waals surface area contributed by atoms with Crippen LogP contribution in [0.5, 0.6) is 5.75 Å². The van der Waals surface area contributed by atoms with Crippen molar-refractivity contribution in [2.75, 3.05) is 21.2 Å². The minimum absolute atomic E-state index is 0.106. The predicted molar refractivity (Wildman–Crippen MR) is 97.7 cm³/mol. The molecule has 2 aromatic rings. The molecule has 0 bridgehead atoms. The number of ether oxygens (including phenoxy) is 1. The molecule has 0 aromatic heterocycles. The van der Waals surface area contributed by atoms with Crippen LogP contribution in [0.1, 0.15) is 16.7 Å². The van der Waals surface area contributed by atoms with E-state index in [0.29, 0.717) is 6.54 Å². The van der Waals surface area contributed by atoms with Gasteiger partial charge in [-0.3, -0.25) is 4.79 Å². The number of nitrogens with one attached hydrogen (secondary N) is 1. The Bertz CT molecular complexity index is 691. The topological polar surface area (TPSA) is 41.6 Å². The van der Waals surface area contributed by atoms with Gasteiger partial charge in [-0.25, -0.2) is 0 Å². The zero-order valence-corrected chi connectivity index (χ0v) is 14.5. The maximum absolute atomic E-state index is 12.0. The molecule has 0 atom stereocenters. The Morgan fingerprint density at radius 2 is 1.75 bits per heavy atom. The van der Waals surface area contributed by atoms with Gasteiger partial charge in [0.2, 0.25) is 5.91 Å². The molecular formula is C20H24N2O2.